The van der Waals surface area contributed by atoms with E-state index in [0.29, 0.717) is 24.0 Å². The highest BCUT2D eigenvalue weighted by Gasteiger charge is 2.30. The van der Waals surface area contributed by atoms with Crippen LogP contribution in [0.15, 0.2) is 41.4 Å². The Balaban J connectivity index is 0.00000243. The van der Waals surface area contributed by atoms with Gasteiger partial charge in [0.2, 0.25) is 0 Å². The van der Waals surface area contributed by atoms with Crippen molar-refractivity contribution >= 4 is 41.6 Å². The van der Waals surface area contributed by atoms with Crippen molar-refractivity contribution in [3.8, 4) is 0 Å². The van der Waals surface area contributed by atoms with Crippen LogP contribution in [0.4, 0.5) is 5.69 Å². The lowest BCUT2D eigenvalue weighted by molar-refractivity contribution is 0.0598. The van der Waals surface area contributed by atoms with Gasteiger partial charge in [0.05, 0.1) is 30.6 Å². The summed E-state index contributed by atoms with van der Waals surface area (Å²) in [5.74, 6) is 0.335. The third-order valence-electron chi connectivity index (χ3n) is 4.09. The number of pyridine rings is 1. The summed E-state index contributed by atoms with van der Waals surface area (Å²) in [6.45, 7) is 2.38. The fraction of sp³-hybridized carbons (Fsp3) is 0.316. The van der Waals surface area contributed by atoms with Crippen molar-refractivity contribution in [2.45, 2.75) is 32.2 Å². The molecule has 0 amide bonds. The molecule has 1 aromatic heterocycles. The number of benzene rings is 1. The molecule has 1 heterocycles. The van der Waals surface area contributed by atoms with Gasteiger partial charge in [-0.25, -0.2) is 9.79 Å². The van der Waals surface area contributed by atoms with Gasteiger partial charge in [0.25, 0.3) is 0 Å². The van der Waals surface area contributed by atoms with E-state index in [-0.39, 0.29) is 29.9 Å². The summed E-state index contributed by atoms with van der Waals surface area (Å²) in [6, 6.07) is 11.5. The molecule has 1 aliphatic rings. The molecule has 0 spiro atoms. The molecular weight excluding hydrogens is 443 g/mol. The number of rotatable bonds is 5. The van der Waals surface area contributed by atoms with Crippen molar-refractivity contribution < 1.29 is 9.53 Å². The number of carbonyl (C=O) groups is 1. The Bertz CT molecular complexity index is 802. The zero-order valence-corrected chi connectivity index (χ0v) is 17.2. The average molecular weight is 466 g/mol. The number of esters is 1. The lowest BCUT2D eigenvalue weighted by Gasteiger charge is -2.09. The van der Waals surface area contributed by atoms with Gasteiger partial charge in [-0.1, -0.05) is 17.7 Å². The van der Waals surface area contributed by atoms with Crippen molar-refractivity contribution in [1.82, 2.24) is 4.98 Å². The van der Waals surface area contributed by atoms with E-state index in [1.807, 2.05) is 31.2 Å². The second-order valence-electron chi connectivity index (χ2n) is 6.19. The SMILES string of the molecule is COC(=O)c1ccc(CN=C(N)Nc2ccc(C)cc2)nc1C1CC1.I. The second kappa shape index (κ2) is 8.98. The number of aliphatic imine (C=N–C) groups is 1. The Kier molecular flexibility index (Phi) is 6.96. The molecule has 0 aliphatic heterocycles. The van der Waals surface area contributed by atoms with E-state index in [1.54, 1.807) is 12.1 Å². The summed E-state index contributed by atoms with van der Waals surface area (Å²) in [6.07, 6.45) is 2.11. The van der Waals surface area contributed by atoms with Crippen molar-refractivity contribution in [2.75, 3.05) is 12.4 Å². The van der Waals surface area contributed by atoms with Crippen LogP contribution in [0.3, 0.4) is 0 Å². The summed E-state index contributed by atoms with van der Waals surface area (Å²) in [5, 5.41) is 3.05. The van der Waals surface area contributed by atoms with Gasteiger partial charge in [-0.05, 0) is 44.0 Å². The summed E-state index contributed by atoms with van der Waals surface area (Å²) in [7, 11) is 1.38. The Morgan fingerprint density at radius 3 is 2.58 bits per heavy atom. The monoisotopic (exact) mass is 466 g/mol. The van der Waals surface area contributed by atoms with E-state index in [2.05, 4.69) is 15.3 Å². The van der Waals surface area contributed by atoms with Gasteiger partial charge in [-0.2, -0.15) is 0 Å². The molecule has 1 aliphatic carbocycles. The molecule has 26 heavy (non-hydrogen) atoms. The molecule has 0 unspecified atom stereocenters. The maximum absolute atomic E-state index is 11.9. The standard InChI is InChI=1S/C19H22N4O2.HI/c1-12-3-7-14(8-4-12)23-19(20)21-11-15-9-10-16(18(24)25-2)17(22-15)13-5-6-13;/h3-4,7-10,13H,5-6,11H2,1-2H3,(H3,20,21,23);1H. The maximum Gasteiger partial charge on any atom is 0.339 e. The third kappa shape index (κ3) is 5.17. The Labute approximate surface area is 170 Å². The first-order valence-corrected chi connectivity index (χ1v) is 8.28. The quantitative estimate of drug-likeness (QED) is 0.304. The number of nitrogens with two attached hydrogens (primary N) is 1. The molecule has 0 bridgehead atoms. The van der Waals surface area contributed by atoms with Crippen LogP contribution in [-0.2, 0) is 11.3 Å². The summed E-state index contributed by atoms with van der Waals surface area (Å²) < 4.78 is 4.83. The average Bonchev–Trinajstić information content (AvgIpc) is 3.46. The van der Waals surface area contributed by atoms with Crippen LogP contribution in [0, 0.1) is 6.92 Å². The fourth-order valence-electron chi connectivity index (χ4n) is 2.55. The Morgan fingerprint density at radius 2 is 1.96 bits per heavy atom. The third-order valence-corrected chi connectivity index (χ3v) is 4.09. The minimum Gasteiger partial charge on any atom is -0.465 e. The number of nitrogens with zero attached hydrogens (tertiary/aromatic N) is 2. The molecule has 138 valence electrons. The number of aromatic nitrogens is 1. The van der Waals surface area contributed by atoms with Crippen LogP contribution in [0.25, 0.3) is 0 Å². The predicted octanol–water partition coefficient (Wildman–Crippen LogP) is 3.60. The van der Waals surface area contributed by atoms with Crippen LogP contribution in [0.5, 0.6) is 0 Å². The molecule has 0 saturated heterocycles. The van der Waals surface area contributed by atoms with Crippen molar-refractivity contribution in [3.63, 3.8) is 0 Å². The molecule has 3 N–H and O–H groups in total. The largest absolute Gasteiger partial charge is 0.465 e. The number of halogens is 1. The number of nitrogens with one attached hydrogen (secondary N) is 1. The molecule has 0 atom stereocenters. The zero-order valence-electron chi connectivity index (χ0n) is 14.9. The minimum atomic E-state index is -0.343. The molecule has 3 rings (SSSR count). The van der Waals surface area contributed by atoms with Gasteiger partial charge in [-0.15, -0.1) is 24.0 Å². The van der Waals surface area contributed by atoms with Crippen LogP contribution >= 0.6 is 24.0 Å². The molecule has 1 saturated carbocycles. The van der Waals surface area contributed by atoms with Crippen LogP contribution in [0.2, 0.25) is 0 Å². The number of ether oxygens (including phenoxy) is 1. The van der Waals surface area contributed by atoms with E-state index in [1.165, 1.54) is 12.7 Å². The van der Waals surface area contributed by atoms with Crippen molar-refractivity contribution in [2.24, 2.45) is 10.7 Å². The summed E-state index contributed by atoms with van der Waals surface area (Å²) in [5.41, 5.74) is 10.1. The van der Waals surface area contributed by atoms with Crippen LogP contribution < -0.4 is 11.1 Å². The molecule has 0 radical (unpaired) electrons. The second-order valence-corrected chi connectivity index (χ2v) is 6.19. The van der Waals surface area contributed by atoms with Gasteiger partial charge in [0.15, 0.2) is 5.96 Å². The molecule has 1 fully saturated rings. The van der Waals surface area contributed by atoms with Crippen molar-refractivity contribution in [3.05, 3.63) is 58.9 Å². The van der Waals surface area contributed by atoms with Gasteiger partial charge < -0.3 is 15.8 Å². The maximum atomic E-state index is 11.9. The van der Waals surface area contributed by atoms with Gasteiger partial charge in [-0.3, -0.25) is 4.98 Å². The van der Waals surface area contributed by atoms with E-state index in [4.69, 9.17) is 10.5 Å². The predicted molar refractivity (Wildman–Crippen MR) is 113 cm³/mol. The Hall–Kier alpha value is -2.16. The number of hydrogen-bond donors (Lipinski definition) is 2. The zero-order chi connectivity index (χ0) is 17.8. The fourth-order valence-corrected chi connectivity index (χ4v) is 2.55. The molecular formula is C19H23IN4O2. The number of anilines is 1. The molecule has 2 aromatic rings. The van der Waals surface area contributed by atoms with Crippen molar-refractivity contribution in [1.29, 1.82) is 0 Å². The number of methoxy groups -OCH3 is 1. The molecule has 1 aromatic carbocycles. The van der Waals surface area contributed by atoms with Gasteiger partial charge in [0.1, 0.15) is 0 Å². The number of guanidine groups is 1. The topological polar surface area (TPSA) is 89.6 Å². The number of hydrogen-bond acceptors (Lipinski definition) is 4. The lowest BCUT2D eigenvalue weighted by atomic mass is 10.1. The minimum absolute atomic E-state index is 0. The number of carbonyl (C=O) groups excluding carboxylic acids is 1. The first kappa shape index (κ1) is 20.2. The van der Waals surface area contributed by atoms with Crippen LogP contribution in [-0.4, -0.2) is 24.0 Å². The normalized spacial score (nSPS) is 13.7. The Morgan fingerprint density at radius 1 is 1.27 bits per heavy atom. The van der Waals surface area contributed by atoms with E-state index < -0.39 is 0 Å². The highest BCUT2D eigenvalue weighted by Crippen LogP contribution is 2.40. The van der Waals surface area contributed by atoms with Gasteiger partial charge in [0, 0.05) is 11.6 Å². The van der Waals surface area contributed by atoms with Crippen LogP contribution in [0.1, 0.15) is 46.1 Å². The van der Waals surface area contributed by atoms with E-state index in [0.717, 1.165) is 29.9 Å². The molecule has 6 nitrogen and oxygen atoms in total. The first-order valence-electron chi connectivity index (χ1n) is 8.28. The summed E-state index contributed by atoms with van der Waals surface area (Å²) in [4.78, 5) is 20.8. The van der Waals surface area contributed by atoms with E-state index in [9.17, 15) is 4.79 Å². The smallest absolute Gasteiger partial charge is 0.339 e. The van der Waals surface area contributed by atoms with Gasteiger partial charge >= 0.3 is 5.97 Å². The molecule has 7 heteroatoms. The summed E-state index contributed by atoms with van der Waals surface area (Å²) >= 11 is 0. The highest BCUT2D eigenvalue weighted by atomic mass is 127. The lowest BCUT2D eigenvalue weighted by Crippen LogP contribution is -2.22. The highest BCUT2D eigenvalue weighted by molar-refractivity contribution is 14.0. The van der Waals surface area contributed by atoms with E-state index >= 15 is 0 Å². The number of aryl methyl sites for hydroxylation is 1. The first-order chi connectivity index (χ1) is 12.1.